The van der Waals surface area contributed by atoms with Crippen LogP contribution < -0.4 is 10.2 Å². The first kappa shape index (κ1) is 10.6. The van der Waals surface area contributed by atoms with Gasteiger partial charge >= 0.3 is 0 Å². The van der Waals surface area contributed by atoms with Crippen LogP contribution in [0.5, 0.6) is 0 Å². The minimum atomic E-state index is 0.628. The third-order valence-electron chi connectivity index (χ3n) is 3.37. The highest BCUT2D eigenvalue weighted by molar-refractivity contribution is 5.52. The molecule has 4 heteroatoms. The van der Waals surface area contributed by atoms with Crippen LogP contribution in [0.4, 0.5) is 5.82 Å². The number of pyridine rings is 1. The number of rotatable bonds is 4. The van der Waals surface area contributed by atoms with Crippen LogP contribution in [0.1, 0.15) is 13.3 Å². The fourth-order valence-electron chi connectivity index (χ4n) is 2.39. The Morgan fingerprint density at radius 2 is 2.35 bits per heavy atom. The molecule has 1 fully saturated rings. The van der Waals surface area contributed by atoms with Gasteiger partial charge in [0.15, 0.2) is 0 Å². The number of imidazole rings is 1. The third kappa shape index (κ3) is 1.78. The van der Waals surface area contributed by atoms with Gasteiger partial charge in [-0.05, 0) is 18.6 Å². The zero-order valence-corrected chi connectivity index (χ0v) is 10.1. The van der Waals surface area contributed by atoms with Gasteiger partial charge in [0.05, 0.1) is 6.04 Å². The zero-order valence-electron chi connectivity index (χ0n) is 10.1. The fraction of sp³-hybridized carbons (Fsp3) is 0.462. The van der Waals surface area contributed by atoms with Crippen molar-refractivity contribution < 1.29 is 0 Å². The highest BCUT2D eigenvalue weighted by Crippen LogP contribution is 2.20. The van der Waals surface area contributed by atoms with Crippen molar-refractivity contribution in [3.63, 3.8) is 0 Å². The highest BCUT2D eigenvalue weighted by atomic mass is 15.3. The SMILES string of the molecule is CCCN(c1cccc2nccn12)C1CNC1. The second kappa shape index (κ2) is 4.37. The second-order valence-corrected chi connectivity index (χ2v) is 4.54. The summed E-state index contributed by atoms with van der Waals surface area (Å²) in [5, 5.41) is 3.35. The predicted molar refractivity (Wildman–Crippen MR) is 69.5 cm³/mol. The first-order valence-corrected chi connectivity index (χ1v) is 6.29. The molecule has 0 atom stereocenters. The molecular formula is C13H18N4. The molecule has 1 aliphatic heterocycles. The van der Waals surface area contributed by atoms with Gasteiger partial charge in [0, 0.05) is 32.0 Å². The van der Waals surface area contributed by atoms with E-state index in [0.29, 0.717) is 6.04 Å². The summed E-state index contributed by atoms with van der Waals surface area (Å²) in [6.07, 6.45) is 5.07. The summed E-state index contributed by atoms with van der Waals surface area (Å²) in [7, 11) is 0. The Labute approximate surface area is 101 Å². The van der Waals surface area contributed by atoms with Gasteiger partial charge < -0.3 is 10.2 Å². The number of nitrogens with one attached hydrogen (secondary N) is 1. The molecule has 0 spiro atoms. The Hall–Kier alpha value is -1.55. The zero-order chi connectivity index (χ0) is 11.7. The number of anilines is 1. The van der Waals surface area contributed by atoms with Crippen molar-refractivity contribution in [2.75, 3.05) is 24.5 Å². The highest BCUT2D eigenvalue weighted by Gasteiger charge is 2.25. The van der Waals surface area contributed by atoms with Crippen molar-refractivity contribution in [3.8, 4) is 0 Å². The van der Waals surface area contributed by atoms with Crippen LogP contribution in [0, 0.1) is 0 Å². The van der Waals surface area contributed by atoms with Gasteiger partial charge in [-0.2, -0.15) is 0 Å². The molecule has 90 valence electrons. The van der Waals surface area contributed by atoms with E-state index in [0.717, 1.165) is 25.3 Å². The topological polar surface area (TPSA) is 32.6 Å². The smallest absolute Gasteiger partial charge is 0.138 e. The van der Waals surface area contributed by atoms with Crippen molar-refractivity contribution in [1.29, 1.82) is 0 Å². The molecule has 3 heterocycles. The largest absolute Gasteiger partial charge is 0.352 e. The summed E-state index contributed by atoms with van der Waals surface area (Å²) >= 11 is 0. The molecule has 1 N–H and O–H groups in total. The summed E-state index contributed by atoms with van der Waals surface area (Å²) in [6.45, 7) is 5.51. The first-order chi connectivity index (χ1) is 8.40. The van der Waals surface area contributed by atoms with Gasteiger partial charge in [0.25, 0.3) is 0 Å². The van der Waals surface area contributed by atoms with Crippen LogP contribution in [0.2, 0.25) is 0 Å². The lowest BCUT2D eigenvalue weighted by Gasteiger charge is -2.39. The van der Waals surface area contributed by atoms with Crippen LogP contribution >= 0.6 is 0 Å². The van der Waals surface area contributed by atoms with Gasteiger partial charge in [0.1, 0.15) is 11.5 Å². The molecule has 0 unspecified atom stereocenters. The lowest BCUT2D eigenvalue weighted by atomic mass is 10.1. The van der Waals surface area contributed by atoms with Crippen LogP contribution in [-0.2, 0) is 0 Å². The molecule has 4 nitrogen and oxygen atoms in total. The lowest BCUT2D eigenvalue weighted by Crippen LogP contribution is -2.58. The Morgan fingerprint density at radius 1 is 1.47 bits per heavy atom. The minimum Gasteiger partial charge on any atom is -0.352 e. The average Bonchev–Trinajstić information content (AvgIpc) is 2.73. The van der Waals surface area contributed by atoms with E-state index in [2.05, 4.69) is 38.7 Å². The van der Waals surface area contributed by atoms with E-state index in [1.807, 2.05) is 18.5 Å². The molecule has 0 aliphatic carbocycles. The second-order valence-electron chi connectivity index (χ2n) is 4.54. The minimum absolute atomic E-state index is 0.628. The molecule has 3 rings (SSSR count). The maximum Gasteiger partial charge on any atom is 0.138 e. The molecule has 2 aromatic rings. The van der Waals surface area contributed by atoms with Gasteiger partial charge in [-0.3, -0.25) is 4.40 Å². The number of aromatic nitrogens is 2. The average molecular weight is 230 g/mol. The summed E-state index contributed by atoms with van der Waals surface area (Å²) in [5.41, 5.74) is 1.02. The molecular weight excluding hydrogens is 212 g/mol. The van der Waals surface area contributed by atoms with E-state index in [4.69, 9.17) is 0 Å². The van der Waals surface area contributed by atoms with Crippen LogP contribution in [-0.4, -0.2) is 35.1 Å². The van der Waals surface area contributed by atoms with Crippen molar-refractivity contribution in [3.05, 3.63) is 30.6 Å². The standard InChI is InChI=1S/C13H18N4/c1-2-7-16(11-9-14-10-11)13-5-3-4-12-15-6-8-17(12)13/h3-6,8,11,14H,2,7,9-10H2,1H3. The molecule has 0 radical (unpaired) electrons. The first-order valence-electron chi connectivity index (χ1n) is 6.29. The molecule has 0 saturated carbocycles. The lowest BCUT2D eigenvalue weighted by molar-refractivity contribution is 0.409. The molecule has 1 saturated heterocycles. The van der Waals surface area contributed by atoms with Crippen LogP contribution in [0.15, 0.2) is 30.6 Å². The molecule has 17 heavy (non-hydrogen) atoms. The summed E-state index contributed by atoms with van der Waals surface area (Å²) in [6, 6.07) is 6.95. The van der Waals surface area contributed by atoms with Gasteiger partial charge in [-0.15, -0.1) is 0 Å². The molecule has 0 aromatic carbocycles. The maximum atomic E-state index is 4.35. The van der Waals surface area contributed by atoms with Crippen molar-refractivity contribution in [2.24, 2.45) is 0 Å². The van der Waals surface area contributed by atoms with Crippen molar-refractivity contribution in [1.82, 2.24) is 14.7 Å². The van der Waals surface area contributed by atoms with Gasteiger partial charge in [-0.1, -0.05) is 13.0 Å². The van der Waals surface area contributed by atoms with Crippen molar-refractivity contribution >= 4 is 11.5 Å². The summed E-state index contributed by atoms with van der Waals surface area (Å²) < 4.78 is 2.17. The Balaban J connectivity index is 2.01. The van der Waals surface area contributed by atoms with E-state index < -0.39 is 0 Å². The third-order valence-corrected chi connectivity index (χ3v) is 3.37. The van der Waals surface area contributed by atoms with Crippen LogP contribution in [0.3, 0.4) is 0 Å². The predicted octanol–water partition coefficient (Wildman–Crippen LogP) is 1.52. The number of hydrogen-bond acceptors (Lipinski definition) is 3. The number of hydrogen-bond donors (Lipinski definition) is 1. The van der Waals surface area contributed by atoms with Crippen LogP contribution in [0.25, 0.3) is 5.65 Å². The van der Waals surface area contributed by atoms with E-state index in [9.17, 15) is 0 Å². The van der Waals surface area contributed by atoms with E-state index in [1.54, 1.807) is 0 Å². The Bertz CT molecular complexity index is 501. The van der Waals surface area contributed by atoms with E-state index in [-0.39, 0.29) is 0 Å². The number of fused-ring (bicyclic) bond motifs is 1. The summed E-state index contributed by atoms with van der Waals surface area (Å²) in [4.78, 5) is 6.84. The maximum absolute atomic E-state index is 4.35. The Kier molecular flexibility index (Phi) is 2.73. The van der Waals surface area contributed by atoms with E-state index in [1.165, 1.54) is 12.2 Å². The quantitative estimate of drug-likeness (QED) is 0.864. The molecule has 1 aliphatic rings. The molecule has 2 aromatic heterocycles. The monoisotopic (exact) mass is 230 g/mol. The molecule has 0 amide bonds. The van der Waals surface area contributed by atoms with Gasteiger partial charge in [0.2, 0.25) is 0 Å². The molecule has 0 bridgehead atoms. The normalized spacial score (nSPS) is 16.1. The van der Waals surface area contributed by atoms with Crippen molar-refractivity contribution in [2.45, 2.75) is 19.4 Å². The van der Waals surface area contributed by atoms with Gasteiger partial charge in [-0.25, -0.2) is 4.98 Å². The number of nitrogens with zero attached hydrogens (tertiary/aromatic N) is 3. The van der Waals surface area contributed by atoms with E-state index >= 15 is 0 Å². The summed E-state index contributed by atoms with van der Waals surface area (Å²) in [5.74, 6) is 1.26. The Morgan fingerprint density at radius 3 is 3.06 bits per heavy atom. The fourth-order valence-corrected chi connectivity index (χ4v) is 2.39.